The molecule has 1 atom stereocenters. The van der Waals surface area contributed by atoms with Crippen molar-refractivity contribution in [1.82, 2.24) is 19.5 Å². The van der Waals surface area contributed by atoms with Crippen molar-refractivity contribution in [2.45, 2.75) is 39.7 Å². The van der Waals surface area contributed by atoms with Crippen molar-refractivity contribution in [1.29, 1.82) is 0 Å². The van der Waals surface area contributed by atoms with Gasteiger partial charge in [0.25, 0.3) is 0 Å². The minimum atomic E-state index is -0.356. The van der Waals surface area contributed by atoms with Crippen molar-refractivity contribution >= 4 is 23.0 Å². The highest BCUT2D eigenvalue weighted by Crippen LogP contribution is 2.22. The minimum Gasteiger partial charge on any atom is -0.469 e. The molecule has 3 N–H and O–H groups in total. The minimum absolute atomic E-state index is 0.155. The highest BCUT2D eigenvalue weighted by atomic mass is 16.5. The summed E-state index contributed by atoms with van der Waals surface area (Å²) in [5, 5.41) is 0. The molecule has 0 saturated carbocycles. The number of H-pyrrole nitrogens is 1. The topological polar surface area (TPSA) is 125 Å². The van der Waals surface area contributed by atoms with Crippen LogP contribution in [-0.4, -0.2) is 39.2 Å². The molecule has 2 heterocycles. The third-order valence-electron chi connectivity index (χ3n) is 4.98. The second kappa shape index (κ2) is 9.43. The molecule has 1 unspecified atom stereocenters. The lowest BCUT2D eigenvalue weighted by atomic mass is 10.0. The number of aromatic amines is 1. The van der Waals surface area contributed by atoms with Crippen LogP contribution in [0, 0.1) is 5.92 Å². The Hall–Kier alpha value is -3.36. The summed E-state index contributed by atoms with van der Waals surface area (Å²) in [4.78, 5) is 35.6. The van der Waals surface area contributed by atoms with E-state index in [1.165, 1.54) is 11.7 Å². The van der Waals surface area contributed by atoms with Crippen LogP contribution in [-0.2, 0) is 16.1 Å². The fraction of sp³-hybridized carbons (Fsp3) is 0.429. The number of hydrogen-bond acceptors (Lipinski definition) is 7. The quantitative estimate of drug-likeness (QED) is 0.503. The number of hydrogen-bond donors (Lipinski definition) is 2. The monoisotopic (exact) mass is 413 g/mol. The largest absolute Gasteiger partial charge is 0.469 e. The first-order chi connectivity index (χ1) is 14.4. The summed E-state index contributed by atoms with van der Waals surface area (Å²) >= 11 is 0. The van der Waals surface area contributed by atoms with Gasteiger partial charge in [-0.3, -0.25) is 9.36 Å². The van der Waals surface area contributed by atoms with Crippen molar-refractivity contribution in [3.63, 3.8) is 0 Å². The van der Waals surface area contributed by atoms with Gasteiger partial charge in [0.2, 0.25) is 0 Å². The summed E-state index contributed by atoms with van der Waals surface area (Å²) in [6, 6.07) is 0.155. The molecule has 0 aliphatic heterocycles. The highest BCUT2D eigenvalue weighted by molar-refractivity contribution is 5.82. The molecule has 2 aromatic rings. The molecule has 0 spiro atoms. The van der Waals surface area contributed by atoms with Crippen LogP contribution >= 0.6 is 0 Å². The maximum atomic E-state index is 12.5. The van der Waals surface area contributed by atoms with Crippen molar-refractivity contribution in [3.8, 4) is 6.01 Å². The van der Waals surface area contributed by atoms with Crippen molar-refractivity contribution < 1.29 is 14.3 Å². The third-order valence-corrected chi connectivity index (χ3v) is 4.98. The predicted molar refractivity (Wildman–Crippen MR) is 114 cm³/mol. The van der Waals surface area contributed by atoms with Gasteiger partial charge in [-0.1, -0.05) is 37.6 Å². The zero-order valence-corrected chi connectivity index (χ0v) is 17.5. The standard InChI is InChI=1S/C21H27N5O4/c1-4-5-11-30-20-24-17(22)16-18(25-20)26(21(28)23-16)12-14-7-6-8-15(10-9-14)13(2)19(27)29-3/h7-10,13H,4-6,11-12H2,1-3H3,(H,23,28)(H2,22,24,25). The number of esters is 1. The Bertz CT molecular complexity index is 1080. The Morgan fingerprint density at radius 3 is 2.87 bits per heavy atom. The van der Waals surface area contributed by atoms with Gasteiger partial charge in [-0.2, -0.15) is 9.97 Å². The molecule has 0 radical (unpaired) electrons. The van der Waals surface area contributed by atoms with E-state index < -0.39 is 0 Å². The molecule has 160 valence electrons. The zero-order chi connectivity index (χ0) is 21.7. The van der Waals surface area contributed by atoms with Gasteiger partial charge in [0, 0.05) is 0 Å². The number of nitrogens with one attached hydrogen (secondary N) is 1. The van der Waals surface area contributed by atoms with Gasteiger partial charge < -0.3 is 20.2 Å². The summed E-state index contributed by atoms with van der Waals surface area (Å²) in [6.45, 7) is 4.65. The summed E-state index contributed by atoms with van der Waals surface area (Å²) in [5.41, 5.74) is 8.24. The molecule has 1 aliphatic carbocycles. The Balaban J connectivity index is 1.85. The van der Waals surface area contributed by atoms with E-state index >= 15 is 0 Å². The van der Waals surface area contributed by atoms with Crippen LogP contribution in [0.3, 0.4) is 0 Å². The van der Waals surface area contributed by atoms with E-state index in [1.807, 2.05) is 24.3 Å². The van der Waals surface area contributed by atoms with Crippen LogP contribution < -0.4 is 16.2 Å². The number of carbonyl (C=O) groups is 1. The number of nitrogen functional groups attached to an aromatic ring is 1. The van der Waals surface area contributed by atoms with Crippen molar-refractivity contribution in [2.75, 3.05) is 19.5 Å². The van der Waals surface area contributed by atoms with Gasteiger partial charge in [-0.15, -0.1) is 0 Å². The summed E-state index contributed by atoms with van der Waals surface area (Å²) in [6.07, 6.45) is 10.2. The molecule has 30 heavy (non-hydrogen) atoms. The molecule has 9 nitrogen and oxygen atoms in total. The summed E-state index contributed by atoms with van der Waals surface area (Å²) < 4.78 is 11.9. The number of aromatic nitrogens is 4. The van der Waals surface area contributed by atoms with E-state index in [2.05, 4.69) is 21.9 Å². The van der Waals surface area contributed by atoms with Gasteiger partial charge >= 0.3 is 17.7 Å². The average Bonchev–Trinajstić information content (AvgIpc) is 2.90. The molecule has 0 fully saturated rings. The lowest BCUT2D eigenvalue weighted by molar-refractivity contribution is -0.143. The van der Waals surface area contributed by atoms with E-state index in [4.69, 9.17) is 15.2 Å². The van der Waals surface area contributed by atoms with Crippen molar-refractivity contribution in [3.05, 3.63) is 45.9 Å². The van der Waals surface area contributed by atoms with Gasteiger partial charge in [0.15, 0.2) is 11.5 Å². The molecule has 3 rings (SSSR count). The number of nitrogens with zero attached hydrogens (tertiary/aromatic N) is 3. The molecule has 0 saturated heterocycles. The normalized spacial score (nSPS) is 14.8. The van der Waals surface area contributed by atoms with Crippen LogP contribution in [0.4, 0.5) is 5.82 Å². The first-order valence-electron chi connectivity index (χ1n) is 9.98. The maximum absolute atomic E-state index is 12.5. The van der Waals surface area contributed by atoms with Crippen LogP contribution in [0.25, 0.3) is 11.2 Å². The van der Waals surface area contributed by atoms with Gasteiger partial charge in [0.1, 0.15) is 5.52 Å². The number of imidazole rings is 1. The highest BCUT2D eigenvalue weighted by Gasteiger charge is 2.18. The smallest absolute Gasteiger partial charge is 0.328 e. The molecule has 0 aromatic carbocycles. The fourth-order valence-corrected chi connectivity index (χ4v) is 3.17. The van der Waals surface area contributed by atoms with Crippen molar-refractivity contribution in [2.24, 2.45) is 5.92 Å². The number of allylic oxidation sites excluding steroid dienone is 5. The Morgan fingerprint density at radius 2 is 2.13 bits per heavy atom. The van der Waals surface area contributed by atoms with Crippen LogP contribution in [0.5, 0.6) is 6.01 Å². The predicted octanol–water partition coefficient (Wildman–Crippen LogP) is 2.50. The number of carbonyl (C=O) groups excluding carboxylic acids is 1. The Morgan fingerprint density at radius 1 is 1.33 bits per heavy atom. The van der Waals surface area contributed by atoms with Crippen LogP contribution in [0.1, 0.15) is 33.1 Å². The second-order valence-electron chi connectivity index (χ2n) is 7.11. The van der Waals surface area contributed by atoms with Gasteiger partial charge in [-0.25, -0.2) is 4.79 Å². The Labute approximate surface area is 174 Å². The first kappa shape index (κ1) is 21.4. The lowest BCUT2D eigenvalue weighted by Gasteiger charge is -2.09. The Kier molecular flexibility index (Phi) is 6.71. The lowest BCUT2D eigenvalue weighted by Crippen LogP contribution is -2.18. The molecule has 0 bridgehead atoms. The summed E-state index contributed by atoms with van der Waals surface area (Å²) in [7, 11) is 1.38. The SMILES string of the molecule is CCCCOc1nc(N)c2[nH]c(=O)n(CC3=CCC=C(C(C)C(=O)OC)C=C3)c2n1. The fourth-order valence-electron chi connectivity index (χ4n) is 3.17. The van der Waals surface area contributed by atoms with E-state index in [9.17, 15) is 9.59 Å². The number of fused-ring (bicyclic) bond motifs is 1. The van der Waals surface area contributed by atoms with Gasteiger partial charge in [-0.05, 0) is 30.9 Å². The van der Waals surface area contributed by atoms with E-state index in [0.29, 0.717) is 30.7 Å². The second-order valence-corrected chi connectivity index (χ2v) is 7.11. The molecular weight excluding hydrogens is 386 g/mol. The van der Waals surface area contributed by atoms with Gasteiger partial charge in [0.05, 0.1) is 26.2 Å². The first-order valence-corrected chi connectivity index (χ1v) is 9.98. The maximum Gasteiger partial charge on any atom is 0.328 e. The number of rotatable bonds is 8. The van der Waals surface area contributed by atoms with E-state index in [1.54, 1.807) is 6.92 Å². The van der Waals surface area contributed by atoms with E-state index in [-0.39, 0.29) is 29.4 Å². The van der Waals surface area contributed by atoms with Crippen LogP contribution in [0.2, 0.25) is 0 Å². The number of methoxy groups -OCH3 is 1. The summed E-state index contributed by atoms with van der Waals surface area (Å²) in [5.74, 6) is -0.473. The molecule has 0 amide bonds. The molecule has 2 aromatic heterocycles. The molecule has 1 aliphatic rings. The number of unbranched alkanes of at least 4 members (excludes halogenated alkanes) is 1. The molecule has 9 heteroatoms. The number of nitrogens with two attached hydrogens (primary N) is 1. The number of anilines is 1. The third kappa shape index (κ3) is 4.61. The number of ether oxygens (including phenoxy) is 2. The molecular formula is C21H27N5O4. The van der Waals surface area contributed by atoms with E-state index in [0.717, 1.165) is 24.0 Å². The average molecular weight is 413 g/mol. The van der Waals surface area contributed by atoms with Crippen LogP contribution in [0.15, 0.2) is 40.2 Å². The zero-order valence-electron chi connectivity index (χ0n) is 17.5.